The molecule has 2 fully saturated rings. The summed E-state index contributed by atoms with van der Waals surface area (Å²) in [6, 6.07) is 0. The summed E-state index contributed by atoms with van der Waals surface area (Å²) in [7, 11) is 1.85. The second kappa shape index (κ2) is 6.88. The average molecular weight is 254 g/mol. The highest BCUT2D eigenvalue weighted by atomic mass is 16.5. The van der Waals surface area contributed by atoms with Gasteiger partial charge in [0.1, 0.15) is 0 Å². The van der Waals surface area contributed by atoms with Crippen LogP contribution in [-0.4, -0.2) is 50.3 Å². The van der Waals surface area contributed by atoms with Gasteiger partial charge in [-0.25, -0.2) is 0 Å². The van der Waals surface area contributed by atoms with Crippen LogP contribution in [0.25, 0.3) is 0 Å². The lowest BCUT2D eigenvalue weighted by atomic mass is 9.95. The molecule has 0 aromatic carbocycles. The zero-order chi connectivity index (χ0) is 12.8. The lowest BCUT2D eigenvalue weighted by Crippen LogP contribution is -2.49. The third-order valence-corrected chi connectivity index (χ3v) is 4.74. The van der Waals surface area contributed by atoms with E-state index in [9.17, 15) is 0 Å². The van der Waals surface area contributed by atoms with E-state index in [-0.39, 0.29) is 5.60 Å². The van der Waals surface area contributed by atoms with E-state index in [1.165, 1.54) is 58.2 Å². The van der Waals surface area contributed by atoms with Gasteiger partial charge in [0.15, 0.2) is 0 Å². The van der Waals surface area contributed by atoms with Gasteiger partial charge in [0.2, 0.25) is 0 Å². The first-order chi connectivity index (χ1) is 8.72. The Balaban J connectivity index is 1.58. The Kier molecular flexibility index (Phi) is 5.46. The van der Waals surface area contributed by atoms with Gasteiger partial charge in [0.05, 0.1) is 5.60 Å². The van der Waals surface area contributed by atoms with Crippen LogP contribution in [0.15, 0.2) is 0 Å². The number of hydrogen-bond acceptors (Lipinski definition) is 3. The molecule has 0 radical (unpaired) electrons. The molecule has 3 heteroatoms. The van der Waals surface area contributed by atoms with Gasteiger partial charge >= 0.3 is 0 Å². The van der Waals surface area contributed by atoms with E-state index in [1.807, 2.05) is 7.11 Å². The van der Waals surface area contributed by atoms with Gasteiger partial charge in [-0.15, -0.1) is 0 Å². The van der Waals surface area contributed by atoms with Crippen molar-refractivity contribution in [2.45, 2.75) is 51.0 Å². The lowest BCUT2D eigenvalue weighted by molar-refractivity contribution is -0.0502. The third kappa shape index (κ3) is 4.22. The molecule has 2 rings (SSSR count). The highest BCUT2D eigenvalue weighted by Crippen LogP contribution is 2.24. The number of likely N-dealkylation sites (tertiary alicyclic amines) is 1. The number of rotatable bonds is 6. The summed E-state index contributed by atoms with van der Waals surface area (Å²) in [5.74, 6) is 0.954. The number of nitrogens with one attached hydrogen (secondary N) is 1. The van der Waals surface area contributed by atoms with Crippen molar-refractivity contribution in [3.63, 3.8) is 0 Å². The van der Waals surface area contributed by atoms with Crippen LogP contribution < -0.4 is 5.32 Å². The minimum Gasteiger partial charge on any atom is -0.377 e. The predicted molar refractivity (Wildman–Crippen MR) is 75.9 cm³/mol. The molecule has 2 aliphatic rings. The molecule has 1 aliphatic heterocycles. The van der Waals surface area contributed by atoms with E-state index < -0.39 is 0 Å². The van der Waals surface area contributed by atoms with Crippen LogP contribution in [0.5, 0.6) is 0 Å². The molecule has 1 heterocycles. The summed E-state index contributed by atoms with van der Waals surface area (Å²) in [5, 5.41) is 3.64. The Labute approximate surface area is 112 Å². The topological polar surface area (TPSA) is 24.5 Å². The summed E-state index contributed by atoms with van der Waals surface area (Å²) in [4.78, 5) is 2.55. The van der Waals surface area contributed by atoms with Crippen LogP contribution in [-0.2, 0) is 4.74 Å². The number of nitrogens with zero attached hydrogens (tertiary/aromatic N) is 1. The largest absolute Gasteiger partial charge is 0.377 e. The van der Waals surface area contributed by atoms with Crippen molar-refractivity contribution in [3.05, 3.63) is 0 Å². The minimum atomic E-state index is 0.0870. The molecule has 3 nitrogen and oxygen atoms in total. The molecular weight excluding hydrogens is 224 g/mol. The molecule has 106 valence electrons. The van der Waals surface area contributed by atoms with Crippen molar-refractivity contribution in [3.8, 4) is 0 Å². The molecule has 0 amide bonds. The summed E-state index contributed by atoms with van der Waals surface area (Å²) in [5.41, 5.74) is 0.0870. The van der Waals surface area contributed by atoms with Gasteiger partial charge in [0.25, 0.3) is 0 Å². The van der Waals surface area contributed by atoms with Crippen LogP contribution in [0.4, 0.5) is 0 Å². The van der Waals surface area contributed by atoms with E-state index in [0.717, 1.165) is 19.0 Å². The Bertz CT molecular complexity index is 241. The number of piperidine rings is 1. The van der Waals surface area contributed by atoms with E-state index >= 15 is 0 Å². The maximum atomic E-state index is 5.63. The van der Waals surface area contributed by atoms with E-state index in [1.54, 1.807) is 0 Å². The number of hydrogen-bond donors (Lipinski definition) is 1. The van der Waals surface area contributed by atoms with E-state index in [0.29, 0.717) is 0 Å². The van der Waals surface area contributed by atoms with Crippen molar-refractivity contribution in [1.29, 1.82) is 0 Å². The first-order valence-corrected chi connectivity index (χ1v) is 7.70. The summed E-state index contributed by atoms with van der Waals surface area (Å²) in [6.45, 7) is 8.11. The molecule has 0 spiro atoms. The van der Waals surface area contributed by atoms with E-state index in [4.69, 9.17) is 4.74 Å². The fraction of sp³-hybridized carbons (Fsp3) is 1.00. The highest BCUT2D eigenvalue weighted by Gasteiger charge is 2.30. The monoisotopic (exact) mass is 254 g/mol. The van der Waals surface area contributed by atoms with Crippen LogP contribution in [0.1, 0.15) is 45.4 Å². The fourth-order valence-corrected chi connectivity index (χ4v) is 3.42. The van der Waals surface area contributed by atoms with Gasteiger partial charge in [-0.2, -0.15) is 0 Å². The molecule has 1 saturated heterocycles. The Morgan fingerprint density at radius 1 is 1.28 bits per heavy atom. The maximum Gasteiger partial charge on any atom is 0.0777 e. The Morgan fingerprint density at radius 3 is 2.78 bits per heavy atom. The molecule has 1 N–H and O–H groups in total. The Morgan fingerprint density at radius 2 is 2.06 bits per heavy atom. The first kappa shape index (κ1) is 14.3. The molecule has 0 aromatic heterocycles. The highest BCUT2D eigenvalue weighted by molar-refractivity contribution is 4.84. The molecule has 0 bridgehead atoms. The zero-order valence-corrected chi connectivity index (χ0v) is 12.2. The van der Waals surface area contributed by atoms with Gasteiger partial charge in [-0.1, -0.05) is 12.8 Å². The van der Waals surface area contributed by atoms with Crippen molar-refractivity contribution in [2.75, 3.05) is 39.8 Å². The van der Waals surface area contributed by atoms with Crippen LogP contribution >= 0.6 is 0 Å². The number of methoxy groups -OCH3 is 1. The van der Waals surface area contributed by atoms with Crippen molar-refractivity contribution < 1.29 is 4.74 Å². The van der Waals surface area contributed by atoms with Gasteiger partial charge in [-0.3, -0.25) is 4.90 Å². The summed E-state index contributed by atoms with van der Waals surface area (Å²) < 4.78 is 5.63. The number of ether oxygens (including phenoxy) is 1. The normalized spacial score (nSPS) is 31.0. The molecule has 0 aromatic rings. The predicted octanol–water partition coefficient (Wildman–Crippen LogP) is 2.27. The lowest BCUT2D eigenvalue weighted by Gasteiger charge is -2.39. The Hall–Kier alpha value is -0.120. The minimum absolute atomic E-state index is 0.0870. The van der Waals surface area contributed by atoms with Crippen molar-refractivity contribution in [1.82, 2.24) is 10.2 Å². The first-order valence-electron chi connectivity index (χ1n) is 7.70. The molecule has 1 atom stereocenters. The van der Waals surface area contributed by atoms with Crippen molar-refractivity contribution >= 4 is 0 Å². The van der Waals surface area contributed by atoms with Crippen LogP contribution in [0.2, 0.25) is 0 Å². The SMILES string of the molecule is COC1(C)CCCN(CCNCC2CCCC2)C1. The maximum absolute atomic E-state index is 5.63. The van der Waals surface area contributed by atoms with Gasteiger partial charge < -0.3 is 10.1 Å². The molecule has 18 heavy (non-hydrogen) atoms. The third-order valence-electron chi connectivity index (χ3n) is 4.74. The second-order valence-electron chi connectivity index (χ2n) is 6.39. The fourth-order valence-electron chi connectivity index (χ4n) is 3.42. The quantitative estimate of drug-likeness (QED) is 0.736. The van der Waals surface area contributed by atoms with Crippen LogP contribution in [0, 0.1) is 5.92 Å². The summed E-state index contributed by atoms with van der Waals surface area (Å²) in [6.07, 6.45) is 8.26. The van der Waals surface area contributed by atoms with Gasteiger partial charge in [-0.05, 0) is 51.6 Å². The van der Waals surface area contributed by atoms with Crippen LogP contribution in [0.3, 0.4) is 0 Å². The smallest absolute Gasteiger partial charge is 0.0777 e. The summed E-state index contributed by atoms with van der Waals surface area (Å²) >= 11 is 0. The average Bonchev–Trinajstić information content (AvgIpc) is 2.88. The molecule has 1 aliphatic carbocycles. The molecule has 1 unspecified atom stereocenters. The standard InChI is InChI=1S/C15H30N2O/c1-15(18-2)8-5-10-17(13-15)11-9-16-12-14-6-3-4-7-14/h14,16H,3-13H2,1-2H3. The zero-order valence-electron chi connectivity index (χ0n) is 12.2. The second-order valence-corrected chi connectivity index (χ2v) is 6.39. The van der Waals surface area contributed by atoms with Crippen molar-refractivity contribution in [2.24, 2.45) is 5.92 Å². The molecule has 1 saturated carbocycles. The van der Waals surface area contributed by atoms with E-state index in [2.05, 4.69) is 17.1 Å². The van der Waals surface area contributed by atoms with Gasteiger partial charge in [0, 0.05) is 26.7 Å². The molecular formula is C15H30N2O.